The minimum atomic E-state index is 0.638. The number of nitrogens with one attached hydrogen (secondary N) is 1. The summed E-state index contributed by atoms with van der Waals surface area (Å²) in [5.74, 6) is 0.973. The third-order valence-electron chi connectivity index (χ3n) is 3.54. The molecule has 88 valence electrons. The Kier molecular flexibility index (Phi) is 4.34. The molecule has 1 fully saturated rings. The Morgan fingerprint density at radius 1 is 1.50 bits per heavy atom. The van der Waals surface area contributed by atoms with Gasteiger partial charge in [-0.2, -0.15) is 0 Å². The molecule has 0 aliphatic heterocycles. The van der Waals surface area contributed by atoms with E-state index in [2.05, 4.69) is 23.3 Å². The lowest BCUT2D eigenvalue weighted by atomic mass is 9.80. The molecule has 1 aliphatic carbocycles. The topological polar surface area (TPSA) is 24.9 Å². The Morgan fingerprint density at radius 3 is 2.94 bits per heavy atom. The van der Waals surface area contributed by atoms with Gasteiger partial charge in [-0.05, 0) is 36.9 Å². The van der Waals surface area contributed by atoms with Gasteiger partial charge in [-0.1, -0.05) is 32.3 Å². The van der Waals surface area contributed by atoms with Crippen LogP contribution in [0.2, 0.25) is 0 Å². The van der Waals surface area contributed by atoms with Crippen molar-refractivity contribution in [2.45, 2.75) is 45.1 Å². The van der Waals surface area contributed by atoms with Gasteiger partial charge in [0.25, 0.3) is 0 Å². The lowest BCUT2D eigenvalue weighted by Crippen LogP contribution is -2.34. The van der Waals surface area contributed by atoms with Crippen molar-refractivity contribution in [2.24, 2.45) is 5.92 Å². The molecular weight excluding hydrogens is 196 g/mol. The third kappa shape index (κ3) is 3.31. The number of hydrogen-bond donors (Lipinski definition) is 1. The maximum absolute atomic E-state index is 4.18. The monoisotopic (exact) mass is 218 g/mol. The first-order valence-corrected chi connectivity index (χ1v) is 6.50. The molecule has 16 heavy (non-hydrogen) atoms. The molecule has 0 amide bonds. The Hall–Kier alpha value is -0.890. The number of rotatable bonds is 6. The maximum Gasteiger partial charge on any atom is 0.0300 e. The number of hydrogen-bond acceptors (Lipinski definition) is 2. The number of aromatic nitrogens is 1. The van der Waals surface area contributed by atoms with Crippen LogP contribution in [0.4, 0.5) is 0 Å². The van der Waals surface area contributed by atoms with E-state index in [1.165, 1.54) is 31.2 Å². The van der Waals surface area contributed by atoms with E-state index in [4.69, 9.17) is 0 Å². The zero-order valence-electron chi connectivity index (χ0n) is 10.2. The van der Waals surface area contributed by atoms with Crippen molar-refractivity contribution in [1.82, 2.24) is 10.3 Å². The quantitative estimate of drug-likeness (QED) is 0.794. The predicted molar refractivity (Wildman–Crippen MR) is 67.4 cm³/mol. The minimum absolute atomic E-state index is 0.638. The molecule has 0 radical (unpaired) electrons. The molecule has 2 heteroatoms. The molecule has 0 spiro atoms. The molecular formula is C14H22N2. The summed E-state index contributed by atoms with van der Waals surface area (Å²) in [5, 5.41) is 3.60. The van der Waals surface area contributed by atoms with Crippen molar-refractivity contribution in [2.75, 3.05) is 6.54 Å². The van der Waals surface area contributed by atoms with Gasteiger partial charge in [0.05, 0.1) is 0 Å². The standard InChI is InChI=1S/C14H22N2/c1-2-16-14(9-12-5-3-6-12)10-13-7-4-8-15-11-13/h4,7-8,11-12,14,16H,2-3,5-6,9-10H2,1H3. The number of pyridine rings is 1. The van der Waals surface area contributed by atoms with Crippen molar-refractivity contribution in [1.29, 1.82) is 0 Å². The SMILES string of the molecule is CCNC(Cc1cccnc1)CC1CCC1. The highest BCUT2D eigenvalue weighted by Crippen LogP contribution is 2.31. The largest absolute Gasteiger partial charge is 0.314 e. The molecule has 1 aliphatic rings. The van der Waals surface area contributed by atoms with Crippen LogP contribution in [0, 0.1) is 5.92 Å². The van der Waals surface area contributed by atoms with Crippen molar-refractivity contribution in [3.8, 4) is 0 Å². The lowest BCUT2D eigenvalue weighted by Gasteiger charge is -2.30. The summed E-state index contributed by atoms with van der Waals surface area (Å²) in [5.41, 5.74) is 1.35. The summed E-state index contributed by atoms with van der Waals surface area (Å²) in [6.07, 6.45) is 10.6. The van der Waals surface area contributed by atoms with Crippen LogP contribution in [-0.2, 0) is 6.42 Å². The van der Waals surface area contributed by atoms with Crippen molar-refractivity contribution in [3.63, 3.8) is 0 Å². The second kappa shape index (κ2) is 6.00. The van der Waals surface area contributed by atoms with E-state index in [1.807, 2.05) is 18.5 Å². The predicted octanol–water partition coefficient (Wildman–Crippen LogP) is 2.79. The van der Waals surface area contributed by atoms with Crippen LogP contribution in [0.5, 0.6) is 0 Å². The smallest absolute Gasteiger partial charge is 0.0300 e. The van der Waals surface area contributed by atoms with Gasteiger partial charge in [-0.3, -0.25) is 4.98 Å². The molecule has 0 saturated heterocycles. The molecule has 1 saturated carbocycles. The molecule has 1 aromatic heterocycles. The van der Waals surface area contributed by atoms with E-state index >= 15 is 0 Å². The maximum atomic E-state index is 4.18. The number of nitrogens with zero attached hydrogens (tertiary/aromatic N) is 1. The minimum Gasteiger partial charge on any atom is -0.314 e. The summed E-state index contributed by atoms with van der Waals surface area (Å²) < 4.78 is 0. The van der Waals surface area contributed by atoms with E-state index in [9.17, 15) is 0 Å². The first kappa shape index (κ1) is 11.6. The molecule has 1 unspecified atom stereocenters. The highest BCUT2D eigenvalue weighted by molar-refractivity contribution is 5.10. The fourth-order valence-electron chi connectivity index (χ4n) is 2.46. The first-order chi connectivity index (χ1) is 7.88. The summed E-state index contributed by atoms with van der Waals surface area (Å²) in [6.45, 7) is 3.26. The van der Waals surface area contributed by atoms with Crippen LogP contribution in [0.15, 0.2) is 24.5 Å². The van der Waals surface area contributed by atoms with Crippen LogP contribution in [-0.4, -0.2) is 17.6 Å². The van der Waals surface area contributed by atoms with Gasteiger partial charge in [0.2, 0.25) is 0 Å². The van der Waals surface area contributed by atoms with Gasteiger partial charge >= 0.3 is 0 Å². The van der Waals surface area contributed by atoms with Gasteiger partial charge in [0, 0.05) is 18.4 Å². The Labute approximate surface area is 98.5 Å². The van der Waals surface area contributed by atoms with Crippen LogP contribution >= 0.6 is 0 Å². The molecule has 2 nitrogen and oxygen atoms in total. The van der Waals surface area contributed by atoms with E-state index in [1.54, 1.807) is 0 Å². The van der Waals surface area contributed by atoms with Crippen LogP contribution < -0.4 is 5.32 Å². The van der Waals surface area contributed by atoms with Crippen molar-refractivity contribution < 1.29 is 0 Å². The summed E-state index contributed by atoms with van der Waals surface area (Å²) in [7, 11) is 0. The average molecular weight is 218 g/mol. The van der Waals surface area contributed by atoms with E-state index in [-0.39, 0.29) is 0 Å². The van der Waals surface area contributed by atoms with Crippen molar-refractivity contribution in [3.05, 3.63) is 30.1 Å². The molecule has 0 bridgehead atoms. The Bertz CT molecular complexity index is 293. The fraction of sp³-hybridized carbons (Fsp3) is 0.643. The summed E-state index contributed by atoms with van der Waals surface area (Å²) in [6, 6.07) is 4.85. The Morgan fingerprint density at radius 2 is 2.38 bits per heavy atom. The zero-order valence-corrected chi connectivity index (χ0v) is 10.2. The average Bonchev–Trinajstić information content (AvgIpc) is 2.25. The number of likely N-dealkylation sites (N-methyl/N-ethyl adjacent to an activating group) is 1. The third-order valence-corrected chi connectivity index (χ3v) is 3.54. The molecule has 0 aromatic carbocycles. The van der Waals surface area contributed by atoms with Crippen LogP contribution in [0.3, 0.4) is 0 Å². The van der Waals surface area contributed by atoms with E-state index < -0.39 is 0 Å². The molecule has 1 N–H and O–H groups in total. The fourth-order valence-corrected chi connectivity index (χ4v) is 2.46. The zero-order chi connectivity index (χ0) is 11.2. The normalized spacial score (nSPS) is 18.1. The van der Waals surface area contributed by atoms with E-state index in [0.717, 1.165) is 18.9 Å². The molecule has 1 atom stereocenters. The molecule has 1 aromatic rings. The van der Waals surface area contributed by atoms with Gasteiger partial charge in [0.15, 0.2) is 0 Å². The van der Waals surface area contributed by atoms with Gasteiger partial charge in [0.1, 0.15) is 0 Å². The second-order valence-electron chi connectivity index (χ2n) is 4.85. The van der Waals surface area contributed by atoms with Gasteiger partial charge < -0.3 is 5.32 Å². The highest BCUT2D eigenvalue weighted by Gasteiger charge is 2.21. The Balaban J connectivity index is 1.86. The second-order valence-corrected chi connectivity index (χ2v) is 4.85. The van der Waals surface area contributed by atoms with Crippen LogP contribution in [0.1, 0.15) is 38.2 Å². The summed E-state index contributed by atoms with van der Waals surface area (Å²) >= 11 is 0. The van der Waals surface area contributed by atoms with Crippen LogP contribution in [0.25, 0.3) is 0 Å². The van der Waals surface area contributed by atoms with Crippen molar-refractivity contribution >= 4 is 0 Å². The lowest BCUT2D eigenvalue weighted by molar-refractivity contribution is 0.260. The molecule has 1 heterocycles. The van der Waals surface area contributed by atoms with Gasteiger partial charge in [-0.15, -0.1) is 0 Å². The molecule has 2 rings (SSSR count). The summed E-state index contributed by atoms with van der Waals surface area (Å²) in [4.78, 5) is 4.18. The first-order valence-electron chi connectivity index (χ1n) is 6.50. The van der Waals surface area contributed by atoms with E-state index in [0.29, 0.717) is 6.04 Å². The van der Waals surface area contributed by atoms with Gasteiger partial charge in [-0.25, -0.2) is 0 Å². The highest BCUT2D eigenvalue weighted by atomic mass is 14.9.